The Hall–Kier alpha value is -2.59. The minimum Gasteiger partial charge on any atom is -0.462 e. The van der Waals surface area contributed by atoms with Crippen molar-refractivity contribution >= 4 is 19.8 Å². The number of carbonyl (C=O) groups is 2. The molecule has 11 heteroatoms. The molecule has 0 aliphatic rings. The van der Waals surface area contributed by atoms with E-state index < -0.39 is 51.8 Å². The van der Waals surface area contributed by atoms with Crippen molar-refractivity contribution in [3.05, 3.63) is 72.9 Å². The molecule has 0 aliphatic carbocycles. The van der Waals surface area contributed by atoms with Crippen LogP contribution in [-0.4, -0.2) is 65.7 Å². The molecule has 0 fully saturated rings. The highest BCUT2D eigenvalue weighted by molar-refractivity contribution is 7.47. The molecule has 3 N–H and O–H groups in total. The molecule has 10 nitrogen and oxygen atoms in total. The zero-order chi connectivity index (χ0) is 39.1. The van der Waals surface area contributed by atoms with E-state index in [1.165, 1.54) is 0 Å². The van der Waals surface area contributed by atoms with E-state index in [9.17, 15) is 24.2 Å². The van der Waals surface area contributed by atoms with Crippen LogP contribution < -0.4 is 0 Å². The second-order valence-corrected chi connectivity index (χ2v) is 14.3. The molecule has 0 aromatic rings. The minimum atomic E-state index is -4.63. The van der Waals surface area contributed by atoms with Crippen LogP contribution in [0.15, 0.2) is 72.9 Å². The predicted octanol–water partition coefficient (Wildman–Crippen LogP) is 10.1. The molecule has 304 valence electrons. The summed E-state index contributed by atoms with van der Waals surface area (Å²) < 4.78 is 32.6. The van der Waals surface area contributed by atoms with E-state index in [0.29, 0.717) is 12.8 Å². The molecule has 3 unspecified atom stereocenters. The smallest absolute Gasteiger partial charge is 0.462 e. The number of phosphoric acid groups is 1. The molecular weight excluding hydrogens is 695 g/mol. The Kier molecular flexibility index (Phi) is 35.9. The Bertz CT molecular complexity index is 1110. The zero-order valence-corrected chi connectivity index (χ0v) is 33.6. The monoisotopic (exact) mass is 766 g/mol. The first-order chi connectivity index (χ1) is 25.7. The molecule has 0 bridgehead atoms. The van der Waals surface area contributed by atoms with Gasteiger partial charge in [0.15, 0.2) is 6.10 Å². The van der Waals surface area contributed by atoms with Crippen LogP contribution in [-0.2, 0) is 32.7 Å². The van der Waals surface area contributed by atoms with E-state index in [4.69, 9.17) is 19.1 Å². The third kappa shape index (κ3) is 37.5. The van der Waals surface area contributed by atoms with Gasteiger partial charge in [-0.2, -0.15) is 0 Å². The fraction of sp³-hybridized carbons (Fsp3) is 0.667. The fourth-order valence-corrected chi connectivity index (χ4v) is 5.63. The zero-order valence-electron chi connectivity index (χ0n) is 32.7. The van der Waals surface area contributed by atoms with Crippen molar-refractivity contribution in [2.45, 2.75) is 154 Å². The van der Waals surface area contributed by atoms with Crippen LogP contribution in [0.3, 0.4) is 0 Å². The Balaban J connectivity index is 4.42. The number of rotatable bonds is 36. The normalized spacial score (nSPS) is 14.7. The number of hydrogen-bond donors (Lipinski definition) is 3. The summed E-state index contributed by atoms with van der Waals surface area (Å²) in [5, 5.41) is 18.3. The Morgan fingerprint density at radius 3 is 1.47 bits per heavy atom. The van der Waals surface area contributed by atoms with Crippen LogP contribution >= 0.6 is 7.82 Å². The van der Waals surface area contributed by atoms with Gasteiger partial charge in [-0.1, -0.05) is 125 Å². The van der Waals surface area contributed by atoms with E-state index in [1.54, 1.807) is 0 Å². The Morgan fingerprint density at radius 2 is 0.981 bits per heavy atom. The Labute approximate surface area is 320 Å². The lowest BCUT2D eigenvalue weighted by Crippen LogP contribution is -2.29. The van der Waals surface area contributed by atoms with Crippen molar-refractivity contribution in [1.82, 2.24) is 0 Å². The molecule has 0 saturated heterocycles. The maximum absolute atomic E-state index is 12.6. The highest BCUT2D eigenvalue weighted by Crippen LogP contribution is 2.43. The average Bonchev–Trinajstić information content (AvgIpc) is 3.14. The van der Waals surface area contributed by atoms with Gasteiger partial charge in [0.05, 0.1) is 19.8 Å². The molecular formula is C42H71O10P. The van der Waals surface area contributed by atoms with Crippen molar-refractivity contribution in [3.63, 3.8) is 0 Å². The third-order valence-corrected chi connectivity index (χ3v) is 8.81. The first-order valence-electron chi connectivity index (χ1n) is 19.9. The summed E-state index contributed by atoms with van der Waals surface area (Å²) in [6, 6.07) is 0. The molecule has 0 aromatic heterocycles. The number of aliphatic hydroxyl groups is 2. The van der Waals surface area contributed by atoms with Crippen LogP contribution in [0.5, 0.6) is 0 Å². The molecule has 3 atom stereocenters. The van der Waals surface area contributed by atoms with E-state index >= 15 is 0 Å². The van der Waals surface area contributed by atoms with Crippen molar-refractivity contribution in [2.75, 3.05) is 26.4 Å². The molecule has 0 saturated carbocycles. The van der Waals surface area contributed by atoms with E-state index in [1.807, 2.05) is 0 Å². The molecule has 0 rings (SSSR count). The van der Waals surface area contributed by atoms with Gasteiger partial charge in [0, 0.05) is 12.8 Å². The van der Waals surface area contributed by atoms with Crippen molar-refractivity contribution in [1.29, 1.82) is 0 Å². The summed E-state index contributed by atoms with van der Waals surface area (Å²) in [6.07, 6.45) is 41.5. The average molecular weight is 767 g/mol. The van der Waals surface area contributed by atoms with Crippen LogP contribution in [0.1, 0.15) is 142 Å². The van der Waals surface area contributed by atoms with Crippen LogP contribution in [0.2, 0.25) is 0 Å². The summed E-state index contributed by atoms with van der Waals surface area (Å²) in [5.41, 5.74) is 0. The van der Waals surface area contributed by atoms with Gasteiger partial charge in [-0.25, -0.2) is 4.57 Å². The molecule has 0 aromatic carbocycles. The van der Waals surface area contributed by atoms with Crippen molar-refractivity contribution in [3.8, 4) is 0 Å². The lowest BCUT2D eigenvalue weighted by atomic mass is 10.1. The van der Waals surface area contributed by atoms with E-state index in [2.05, 4.69) is 91.3 Å². The topological polar surface area (TPSA) is 149 Å². The lowest BCUT2D eigenvalue weighted by molar-refractivity contribution is -0.161. The van der Waals surface area contributed by atoms with Crippen molar-refractivity contribution < 1.29 is 47.8 Å². The summed E-state index contributed by atoms with van der Waals surface area (Å²) in [4.78, 5) is 34.9. The second-order valence-electron chi connectivity index (χ2n) is 12.9. The van der Waals surface area contributed by atoms with E-state index in [0.717, 1.165) is 103 Å². The molecule has 0 radical (unpaired) electrons. The second kappa shape index (κ2) is 37.7. The minimum absolute atomic E-state index is 0.157. The predicted molar refractivity (Wildman–Crippen MR) is 214 cm³/mol. The SMILES string of the molecule is CCC=CCC=CCC=CCCCCCCCC(=O)OCC(COP(=O)(O)OCC(O)CO)OC(=O)CCCCCCCC=CCC=CCC=CCC. The number of esters is 2. The molecule has 0 aliphatic heterocycles. The van der Waals surface area contributed by atoms with Gasteiger partial charge < -0.3 is 24.6 Å². The van der Waals surface area contributed by atoms with Crippen LogP contribution in [0, 0.1) is 0 Å². The van der Waals surface area contributed by atoms with Crippen molar-refractivity contribution in [2.24, 2.45) is 0 Å². The van der Waals surface area contributed by atoms with Gasteiger partial charge in [0.2, 0.25) is 0 Å². The summed E-state index contributed by atoms with van der Waals surface area (Å²) >= 11 is 0. The maximum Gasteiger partial charge on any atom is 0.472 e. The first-order valence-corrected chi connectivity index (χ1v) is 21.4. The quantitative estimate of drug-likeness (QED) is 0.0243. The number of hydrogen-bond acceptors (Lipinski definition) is 9. The highest BCUT2D eigenvalue weighted by atomic mass is 31.2. The maximum atomic E-state index is 12.6. The van der Waals surface area contributed by atoms with Gasteiger partial charge in [-0.05, 0) is 77.0 Å². The molecule has 53 heavy (non-hydrogen) atoms. The Morgan fingerprint density at radius 1 is 0.566 bits per heavy atom. The molecule has 0 amide bonds. The number of ether oxygens (including phenoxy) is 2. The number of carbonyl (C=O) groups excluding carboxylic acids is 2. The van der Waals surface area contributed by atoms with Gasteiger partial charge in [0.25, 0.3) is 0 Å². The van der Waals surface area contributed by atoms with Crippen LogP contribution in [0.4, 0.5) is 0 Å². The largest absolute Gasteiger partial charge is 0.472 e. The molecule has 0 heterocycles. The standard InChI is InChI=1S/C42H71O10P/c1-3-5-7-9-11-13-15-17-19-21-23-25-27-29-31-33-41(45)49-37-40(38-51-53(47,48)50-36-39(44)35-43)52-42(46)34-32-30-28-26-24-22-20-18-16-14-12-10-8-6-4-2/h5-8,11-14,17-20,39-40,43-44H,3-4,9-10,15-16,21-38H2,1-2H3,(H,47,48). The number of unbranched alkanes of at least 4 members (excludes halogenated alkanes) is 10. The first kappa shape index (κ1) is 50.4. The van der Waals surface area contributed by atoms with Gasteiger partial charge in [-0.15, -0.1) is 0 Å². The number of aliphatic hydroxyl groups excluding tert-OH is 2. The third-order valence-electron chi connectivity index (χ3n) is 7.86. The van der Waals surface area contributed by atoms with E-state index in [-0.39, 0.29) is 19.4 Å². The number of phosphoric ester groups is 1. The van der Waals surface area contributed by atoms with Gasteiger partial charge >= 0.3 is 19.8 Å². The van der Waals surface area contributed by atoms with Gasteiger partial charge in [-0.3, -0.25) is 18.6 Å². The van der Waals surface area contributed by atoms with Crippen LogP contribution in [0.25, 0.3) is 0 Å². The highest BCUT2D eigenvalue weighted by Gasteiger charge is 2.27. The van der Waals surface area contributed by atoms with Gasteiger partial charge in [0.1, 0.15) is 12.7 Å². The summed E-state index contributed by atoms with van der Waals surface area (Å²) in [7, 11) is -4.63. The molecule has 0 spiro atoms. The number of allylic oxidation sites excluding steroid dienone is 12. The summed E-state index contributed by atoms with van der Waals surface area (Å²) in [6.45, 7) is 2.09. The lowest BCUT2D eigenvalue weighted by Gasteiger charge is -2.20. The fourth-order valence-electron chi connectivity index (χ4n) is 4.84. The summed E-state index contributed by atoms with van der Waals surface area (Å²) in [5.74, 6) is -0.973.